The average molecular weight is 411 g/mol. The van der Waals surface area contributed by atoms with E-state index in [0.717, 1.165) is 36.0 Å². The Hall–Kier alpha value is -2.65. The Morgan fingerprint density at radius 1 is 1.31 bits per heavy atom. The van der Waals surface area contributed by atoms with Crippen LogP contribution in [-0.2, 0) is 22.7 Å². The molecule has 0 unspecified atom stereocenters. The lowest BCUT2D eigenvalue weighted by Gasteiger charge is -2.18. The van der Waals surface area contributed by atoms with Crippen LogP contribution in [0.25, 0.3) is 5.57 Å². The van der Waals surface area contributed by atoms with Crippen LogP contribution in [-0.4, -0.2) is 35.7 Å². The summed E-state index contributed by atoms with van der Waals surface area (Å²) in [5.74, 6) is 2.88. The second-order valence-corrected chi connectivity index (χ2v) is 9.82. The fraction of sp³-hybridized carbons (Fsp3) is 0.391. The molecule has 1 heterocycles. The van der Waals surface area contributed by atoms with Crippen LogP contribution in [0.5, 0.6) is 0 Å². The van der Waals surface area contributed by atoms with E-state index < -0.39 is 9.84 Å². The molecule has 1 aromatic heterocycles. The summed E-state index contributed by atoms with van der Waals surface area (Å²) in [6.07, 6.45) is 14.1. The van der Waals surface area contributed by atoms with Crippen LogP contribution in [0, 0.1) is 12.3 Å². The van der Waals surface area contributed by atoms with E-state index in [0.29, 0.717) is 12.1 Å². The smallest absolute Gasteiger partial charge is 0.202 e. The molecule has 0 saturated heterocycles. The van der Waals surface area contributed by atoms with Gasteiger partial charge in [-0.25, -0.2) is 13.4 Å². The standard InChI is InChI=1S/C23H26N2O3S/c1-3-20-16-24-23(25-20)22(26)15-19-11-10-17(12-13-29(27,28)4-2)14-21(19)18-8-6-5-7-9-18/h1,8,10-11,14,16H,4-7,9,12-13,15H2,2H3,(H,24,25). The van der Waals surface area contributed by atoms with Crippen molar-refractivity contribution in [1.82, 2.24) is 9.97 Å². The van der Waals surface area contributed by atoms with Crippen molar-refractivity contribution < 1.29 is 13.2 Å². The minimum absolute atomic E-state index is 0.120. The van der Waals surface area contributed by atoms with Gasteiger partial charge in [-0.2, -0.15) is 0 Å². The molecule has 5 nitrogen and oxygen atoms in total. The number of rotatable bonds is 8. The predicted octanol–water partition coefficient (Wildman–Crippen LogP) is 3.75. The highest BCUT2D eigenvalue weighted by Gasteiger charge is 2.17. The van der Waals surface area contributed by atoms with Gasteiger partial charge in [-0.05, 0) is 54.4 Å². The molecule has 152 valence electrons. The third-order valence-corrected chi connectivity index (χ3v) is 7.01. The Kier molecular flexibility index (Phi) is 6.71. The molecule has 0 aliphatic heterocycles. The number of nitrogens with one attached hydrogen (secondary N) is 1. The maximum absolute atomic E-state index is 12.7. The first-order valence-corrected chi connectivity index (χ1v) is 11.8. The summed E-state index contributed by atoms with van der Waals surface area (Å²) in [7, 11) is -3.02. The summed E-state index contributed by atoms with van der Waals surface area (Å²) in [6, 6.07) is 5.93. The van der Waals surface area contributed by atoms with Crippen LogP contribution in [0.3, 0.4) is 0 Å². The Labute approximate surface area is 172 Å². The van der Waals surface area contributed by atoms with E-state index in [1.54, 1.807) is 6.92 Å². The minimum Gasteiger partial charge on any atom is -0.329 e. The van der Waals surface area contributed by atoms with Gasteiger partial charge in [-0.15, -0.1) is 6.42 Å². The Bertz CT molecular complexity index is 1070. The summed E-state index contributed by atoms with van der Waals surface area (Å²) >= 11 is 0. The van der Waals surface area contributed by atoms with Crippen molar-refractivity contribution in [1.29, 1.82) is 0 Å². The van der Waals surface area contributed by atoms with E-state index in [1.807, 2.05) is 12.1 Å². The number of hydrogen-bond acceptors (Lipinski definition) is 4. The third-order valence-electron chi connectivity index (χ3n) is 5.30. The van der Waals surface area contributed by atoms with Gasteiger partial charge in [0.1, 0.15) is 15.5 Å². The normalized spacial score (nSPS) is 14.3. The van der Waals surface area contributed by atoms with Gasteiger partial charge in [0.25, 0.3) is 0 Å². The van der Waals surface area contributed by atoms with Crippen LogP contribution >= 0.6 is 0 Å². The molecular formula is C23H26N2O3S. The lowest BCUT2D eigenvalue weighted by molar-refractivity contribution is 0.0984. The fourth-order valence-corrected chi connectivity index (χ4v) is 4.36. The molecule has 1 aliphatic carbocycles. The summed E-state index contributed by atoms with van der Waals surface area (Å²) in [4.78, 5) is 19.6. The van der Waals surface area contributed by atoms with Crippen molar-refractivity contribution in [2.45, 2.75) is 45.4 Å². The number of aromatic amines is 1. The highest BCUT2D eigenvalue weighted by molar-refractivity contribution is 7.91. The maximum Gasteiger partial charge on any atom is 0.202 e. The molecule has 0 fully saturated rings. The van der Waals surface area contributed by atoms with Crippen LogP contribution in [0.2, 0.25) is 0 Å². The molecule has 0 spiro atoms. The van der Waals surface area contributed by atoms with Crippen molar-refractivity contribution in [2.75, 3.05) is 11.5 Å². The molecule has 1 aliphatic rings. The number of Topliss-reactive ketones (excluding diaryl/α,β-unsaturated/α-hetero) is 1. The van der Waals surface area contributed by atoms with E-state index in [2.05, 4.69) is 28.0 Å². The van der Waals surface area contributed by atoms with Crippen LogP contribution in [0.15, 0.2) is 30.5 Å². The Morgan fingerprint density at radius 2 is 2.14 bits per heavy atom. The zero-order chi connectivity index (χ0) is 20.9. The number of allylic oxidation sites excluding steroid dienone is 2. The molecule has 29 heavy (non-hydrogen) atoms. The topological polar surface area (TPSA) is 79.9 Å². The van der Waals surface area contributed by atoms with Crippen molar-refractivity contribution in [3.05, 3.63) is 58.7 Å². The highest BCUT2D eigenvalue weighted by Crippen LogP contribution is 2.30. The molecule has 0 radical (unpaired) electrons. The van der Waals surface area contributed by atoms with Gasteiger partial charge in [0.15, 0.2) is 5.82 Å². The van der Waals surface area contributed by atoms with Gasteiger partial charge in [0.05, 0.1) is 11.9 Å². The number of carbonyl (C=O) groups is 1. The number of nitrogens with zero attached hydrogens (tertiary/aromatic N) is 1. The first-order chi connectivity index (χ1) is 13.9. The molecule has 1 aromatic carbocycles. The van der Waals surface area contributed by atoms with E-state index in [9.17, 15) is 13.2 Å². The number of hydrogen-bond donors (Lipinski definition) is 1. The molecule has 3 rings (SSSR count). The summed E-state index contributed by atoms with van der Waals surface area (Å²) in [5, 5.41) is 0. The minimum atomic E-state index is -3.02. The largest absolute Gasteiger partial charge is 0.329 e. The quantitative estimate of drug-likeness (QED) is 0.531. The summed E-state index contributed by atoms with van der Waals surface area (Å²) in [6.45, 7) is 1.67. The van der Waals surface area contributed by atoms with Crippen LogP contribution in [0.1, 0.15) is 65.6 Å². The lowest BCUT2D eigenvalue weighted by atomic mass is 9.88. The van der Waals surface area contributed by atoms with Gasteiger partial charge >= 0.3 is 0 Å². The van der Waals surface area contributed by atoms with Crippen molar-refractivity contribution in [3.63, 3.8) is 0 Å². The van der Waals surface area contributed by atoms with E-state index in [1.165, 1.54) is 18.2 Å². The van der Waals surface area contributed by atoms with E-state index in [4.69, 9.17) is 6.42 Å². The number of aryl methyl sites for hydroxylation is 1. The van der Waals surface area contributed by atoms with Gasteiger partial charge in [0.2, 0.25) is 5.78 Å². The molecule has 1 N–H and O–H groups in total. The molecule has 2 aromatic rings. The predicted molar refractivity (Wildman–Crippen MR) is 115 cm³/mol. The van der Waals surface area contributed by atoms with E-state index >= 15 is 0 Å². The number of carbonyl (C=O) groups excluding carboxylic acids is 1. The first-order valence-electron chi connectivity index (χ1n) is 9.98. The Morgan fingerprint density at radius 3 is 2.79 bits per heavy atom. The number of sulfone groups is 1. The van der Waals surface area contributed by atoms with Crippen molar-refractivity contribution in [3.8, 4) is 12.3 Å². The number of H-pyrrole nitrogens is 1. The number of benzene rings is 1. The second kappa shape index (κ2) is 9.23. The van der Waals surface area contributed by atoms with Gasteiger partial charge < -0.3 is 4.98 Å². The monoisotopic (exact) mass is 410 g/mol. The average Bonchev–Trinajstić information content (AvgIpc) is 3.23. The molecule has 0 bridgehead atoms. The van der Waals surface area contributed by atoms with Gasteiger partial charge in [-0.3, -0.25) is 4.79 Å². The van der Waals surface area contributed by atoms with Crippen molar-refractivity contribution in [2.24, 2.45) is 0 Å². The number of terminal acetylenes is 1. The lowest BCUT2D eigenvalue weighted by Crippen LogP contribution is -2.12. The highest BCUT2D eigenvalue weighted by atomic mass is 32.2. The van der Waals surface area contributed by atoms with E-state index in [-0.39, 0.29) is 29.5 Å². The third kappa shape index (κ3) is 5.45. The fourth-order valence-electron chi connectivity index (χ4n) is 3.53. The number of ketones is 1. The van der Waals surface area contributed by atoms with Gasteiger partial charge in [-0.1, -0.05) is 37.1 Å². The van der Waals surface area contributed by atoms with Crippen LogP contribution in [0.4, 0.5) is 0 Å². The van der Waals surface area contributed by atoms with Gasteiger partial charge in [0, 0.05) is 12.2 Å². The number of imidazole rings is 1. The first kappa shape index (κ1) is 21.1. The zero-order valence-electron chi connectivity index (χ0n) is 16.7. The van der Waals surface area contributed by atoms with Crippen LogP contribution < -0.4 is 0 Å². The number of aromatic nitrogens is 2. The molecule has 0 amide bonds. The second-order valence-electron chi connectivity index (χ2n) is 7.34. The molecule has 0 saturated carbocycles. The molecule has 6 heteroatoms. The summed E-state index contributed by atoms with van der Waals surface area (Å²) in [5.41, 5.74) is 4.68. The summed E-state index contributed by atoms with van der Waals surface area (Å²) < 4.78 is 23.7. The molecular weight excluding hydrogens is 384 g/mol. The SMILES string of the molecule is C#Cc1cnc(C(=O)Cc2ccc(CCS(=O)(=O)CC)cc2C2=CCCCC2)[nH]1. The maximum atomic E-state index is 12.7. The Balaban J connectivity index is 1.88. The van der Waals surface area contributed by atoms with Crippen molar-refractivity contribution >= 4 is 21.2 Å². The molecule has 0 atom stereocenters. The zero-order valence-corrected chi connectivity index (χ0v) is 17.5.